The van der Waals surface area contributed by atoms with Gasteiger partial charge in [0.2, 0.25) is 5.91 Å². The summed E-state index contributed by atoms with van der Waals surface area (Å²) in [6.07, 6.45) is 0.368. The van der Waals surface area contributed by atoms with Crippen LogP contribution in [0.4, 0.5) is 11.4 Å². The van der Waals surface area contributed by atoms with Gasteiger partial charge in [0.25, 0.3) is 0 Å². The van der Waals surface area contributed by atoms with E-state index in [-0.39, 0.29) is 5.91 Å². The molecule has 1 aliphatic rings. The van der Waals surface area contributed by atoms with Crippen LogP contribution in [-0.4, -0.2) is 17.0 Å². The second kappa shape index (κ2) is 4.01. The first-order valence-electron chi connectivity index (χ1n) is 5.86. The second-order valence-electron chi connectivity index (χ2n) is 4.73. The van der Waals surface area contributed by atoms with Crippen LogP contribution in [0.3, 0.4) is 0 Å². The zero-order chi connectivity index (χ0) is 13.5. The highest BCUT2D eigenvalue weighted by Gasteiger charge is 2.51. The van der Waals surface area contributed by atoms with Crippen molar-refractivity contribution in [1.82, 2.24) is 0 Å². The molecule has 2 unspecified atom stereocenters. The van der Waals surface area contributed by atoms with E-state index in [1.807, 2.05) is 0 Å². The summed E-state index contributed by atoms with van der Waals surface area (Å²) in [5.74, 6) is -2.07. The number of nitrogens with one attached hydrogen (secondary N) is 1. The Labute approximate surface area is 105 Å². The van der Waals surface area contributed by atoms with E-state index in [2.05, 4.69) is 5.32 Å². The molecule has 5 heteroatoms. The lowest BCUT2D eigenvalue weighted by Gasteiger charge is -2.29. The SMILES string of the molecule is CCC(C(=O)O)C1(C)C(=O)Nc2cccc(N)c21. The molecule has 1 aromatic carbocycles. The minimum Gasteiger partial charge on any atom is -0.481 e. The van der Waals surface area contributed by atoms with E-state index in [1.54, 1.807) is 32.0 Å². The van der Waals surface area contributed by atoms with E-state index < -0.39 is 17.3 Å². The molecule has 4 N–H and O–H groups in total. The third-order valence-corrected chi connectivity index (χ3v) is 3.74. The van der Waals surface area contributed by atoms with Gasteiger partial charge < -0.3 is 16.2 Å². The van der Waals surface area contributed by atoms with Crippen molar-refractivity contribution < 1.29 is 14.7 Å². The molecule has 0 saturated heterocycles. The van der Waals surface area contributed by atoms with E-state index >= 15 is 0 Å². The van der Waals surface area contributed by atoms with Crippen LogP contribution < -0.4 is 11.1 Å². The minimum atomic E-state index is -1.11. The van der Waals surface area contributed by atoms with Gasteiger partial charge in [-0.1, -0.05) is 13.0 Å². The first-order valence-corrected chi connectivity index (χ1v) is 5.86. The second-order valence-corrected chi connectivity index (χ2v) is 4.73. The number of carbonyl (C=O) groups is 2. The number of amides is 1. The van der Waals surface area contributed by atoms with Crippen molar-refractivity contribution in [2.24, 2.45) is 5.92 Å². The lowest BCUT2D eigenvalue weighted by Crippen LogP contribution is -2.43. The van der Waals surface area contributed by atoms with Crippen molar-refractivity contribution in [2.75, 3.05) is 11.1 Å². The summed E-state index contributed by atoms with van der Waals surface area (Å²) in [6, 6.07) is 5.16. The fourth-order valence-corrected chi connectivity index (χ4v) is 2.78. The molecular formula is C13H16N2O3. The number of aliphatic carboxylic acids is 1. The Morgan fingerprint density at radius 3 is 2.78 bits per heavy atom. The Balaban J connectivity index is 2.65. The molecule has 0 bridgehead atoms. The van der Waals surface area contributed by atoms with Crippen molar-refractivity contribution >= 4 is 23.3 Å². The lowest BCUT2D eigenvalue weighted by atomic mass is 9.71. The Bertz CT molecular complexity index is 527. The number of nitrogens with two attached hydrogens (primary N) is 1. The van der Waals surface area contributed by atoms with Gasteiger partial charge in [0.05, 0.1) is 11.3 Å². The van der Waals surface area contributed by atoms with Crippen LogP contribution in [0.2, 0.25) is 0 Å². The van der Waals surface area contributed by atoms with E-state index in [0.717, 1.165) is 0 Å². The van der Waals surface area contributed by atoms with Crippen molar-refractivity contribution in [1.29, 1.82) is 0 Å². The highest BCUT2D eigenvalue weighted by atomic mass is 16.4. The molecule has 96 valence electrons. The van der Waals surface area contributed by atoms with Crippen molar-refractivity contribution in [3.8, 4) is 0 Å². The van der Waals surface area contributed by atoms with E-state index in [4.69, 9.17) is 5.73 Å². The van der Waals surface area contributed by atoms with Gasteiger partial charge in [0.1, 0.15) is 0 Å². The molecule has 0 aromatic heterocycles. The number of carboxylic acids is 1. The summed E-state index contributed by atoms with van der Waals surface area (Å²) in [4.78, 5) is 23.5. The third kappa shape index (κ3) is 1.47. The molecule has 0 saturated carbocycles. The van der Waals surface area contributed by atoms with Crippen LogP contribution in [-0.2, 0) is 15.0 Å². The van der Waals surface area contributed by atoms with E-state index in [1.165, 1.54) is 0 Å². The largest absolute Gasteiger partial charge is 0.481 e. The summed E-state index contributed by atoms with van der Waals surface area (Å²) in [5.41, 5.74) is 6.47. The molecular weight excluding hydrogens is 232 g/mol. The van der Waals surface area contributed by atoms with Gasteiger partial charge in [0.15, 0.2) is 0 Å². The predicted molar refractivity (Wildman–Crippen MR) is 68.3 cm³/mol. The first-order chi connectivity index (χ1) is 8.42. The molecule has 1 aromatic rings. The molecule has 5 nitrogen and oxygen atoms in total. The van der Waals surface area contributed by atoms with E-state index in [9.17, 15) is 14.7 Å². The van der Waals surface area contributed by atoms with Gasteiger partial charge in [-0.2, -0.15) is 0 Å². The number of fused-ring (bicyclic) bond motifs is 1. The standard InChI is InChI=1S/C13H16N2O3/c1-3-7(11(16)17)13(2)10-8(14)5-4-6-9(10)15-12(13)18/h4-7H,3,14H2,1-2H3,(H,15,18)(H,16,17). The molecule has 0 fully saturated rings. The maximum atomic E-state index is 12.2. The highest BCUT2D eigenvalue weighted by molar-refractivity contribution is 6.09. The summed E-state index contributed by atoms with van der Waals surface area (Å²) in [7, 11) is 0. The molecule has 0 spiro atoms. The topological polar surface area (TPSA) is 92.4 Å². The normalized spacial score (nSPS) is 23.3. The Morgan fingerprint density at radius 1 is 1.56 bits per heavy atom. The molecule has 18 heavy (non-hydrogen) atoms. The van der Waals surface area contributed by atoms with Crippen LogP contribution >= 0.6 is 0 Å². The monoisotopic (exact) mass is 248 g/mol. The van der Waals surface area contributed by atoms with Gasteiger partial charge in [-0.15, -0.1) is 0 Å². The number of benzene rings is 1. The maximum absolute atomic E-state index is 12.2. The fourth-order valence-electron chi connectivity index (χ4n) is 2.78. The zero-order valence-corrected chi connectivity index (χ0v) is 10.4. The summed E-state index contributed by atoms with van der Waals surface area (Å²) >= 11 is 0. The smallest absolute Gasteiger partial charge is 0.307 e. The van der Waals surface area contributed by atoms with Gasteiger partial charge >= 0.3 is 5.97 Å². The summed E-state index contributed by atoms with van der Waals surface area (Å²) in [6.45, 7) is 3.40. The molecule has 1 amide bonds. The number of hydrogen-bond donors (Lipinski definition) is 3. The Kier molecular flexibility index (Phi) is 2.77. The van der Waals surface area contributed by atoms with E-state index in [0.29, 0.717) is 23.4 Å². The van der Waals surface area contributed by atoms with Gasteiger partial charge in [-0.05, 0) is 25.5 Å². The zero-order valence-electron chi connectivity index (χ0n) is 10.4. The van der Waals surface area contributed by atoms with Crippen LogP contribution in [0.15, 0.2) is 18.2 Å². The van der Waals surface area contributed by atoms with Crippen LogP contribution in [0, 0.1) is 5.92 Å². The molecule has 2 atom stereocenters. The Morgan fingerprint density at radius 2 is 2.22 bits per heavy atom. The van der Waals surface area contributed by atoms with Gasteiger partial charge in [0, 0.05) is 16.9 Å². The average molecular weight is 248 g/mol. The number of hydrogen-bond acceptors (Lipinski definition) is 3. The van der Waals surface area contributed by atoms with Crippen LogP contribution in [0.5, 0.6) is 0 Å². The Hall–Kier alpha value is -2.04. The molecule has 1 heterocycles. The third-order valence-electron chi connectivity index (χ3n) is 3.74. The molecule has 0 radical (unpaired) electrons. The minimum absolute atomic E-state index is 0.301. The van der Waals surface area contributed by atoms with Crippen LogP contribution in [0.1, 0.15) is 25.8 Å². The van der Waals surface area contributed by atoms with Gasteiger partial charge in [-0.25, -0.2) is 0 Å². The molecule has 2 rings (SSSR count). The van der Waals surface area contributed by atoms with Gasteiger partial charge in [-0.3, -0.25) is 9.59 Å². The number of carbonyl (C=O) groups excluding carboxylic acids is 1. The highest BCUT2D eigenvalue weighted by Crippen LogP contribution is 2.46. The molecule has 1 aliphatic heterocycles. The molecule has 0 aliphatic carbocycles. The first kappa shape index (κ1) is 12.4. The summed E-state index contributed by atoms with van der Waals surface area (Å²) in [5, 5.41) is 12.0. The summed E-state index contributed by atoms with van der Waals surface area (Å²) < 4.78 is 0. The van der Waals surface area contributed by atoms with Crippen molar-refractivity contribution in [3.63, 3.8) is 0 Å². The number of carboxylic acid groups (broad SMARTS) is 1. The predicted octanol–water partition coefficient (Wildman–Crippen LogP) is 1.59. The maximum Gasteiger partial charge on any atom is 0.307 e. The number of anilines is 2. The number of rotatable bonds is 3. The lowest BCUT2D eigenvalue weighted by molar-refractivity contribution is -0.147. The van der Waals surface area contributed by atoms with Crippen LogP contribution in [0.25, 0.3) is 0 Å². The average Bonchev–Trinajstić information content (AvgIpc) is 2.53. The quantitative estimate of drug-likeness (QED) is 0.708. The fraction of sp³-hybridized carbons (Fsp3) is 0.385. The van der Waals surface area contributed by atoms with Crippen molar-refractivity contribution in [2.45, 2.75) is 25.7 Å². The van der Waals surface area contributed by atoms with Crippen molar-refractivity contribution in [3.05, 3.63) is 23.8 Å². The number of nitrogen functional groups attached to an aromatic ring is 1.